The predicted molar refractivity (Wildman–Crippen MR) is 67.5 cm³/mol. The van der Waals surface area contributed by atoms with Crippen molar-refractivity contribution in [2.75, 3.05) is 11.4 Å². The average Bonchev–Trinajstić information content (AvgIpc) is 3.10. The van der Waals surface area contributed by atoms with Crippen molar-refractivity contribution in [1.82, 2.24) is 4.98 Å². The minimum absolute atomic E-state index is 0.0874. The van der Waals surface area contributed by atoms with Crippen molar-refractivity contribution in [2.24, 2.45) is 5.73 Å². The Morgan fingerprint density at radius 3 is 2.88 bits per heavy atom. The van der Waals surface area contributed by atoms with Crippen molar-refractivity contribution in [3.05, 3.63) is 23.9 Å². The van der Waals surface area contributed by atoms with Crippen LogP contribution in [0.2, 0.25) is 0 Å². The lowest BCUT2D eigenvalue weighted by Gasteiger charge is -2.23. The third-order valence-electron chi connectivity index (χ3n) is 3.04. The summed E-state index contributed by atoms with van der Waals surface area (Å²) in [6.45, 7) is 5.32. The van der Waals surface area contributed by atoms with Crippen LogP contribution in [-0.4, -0.2) is 17.6 Å². The van der Waals surface area contributed by atoms with E-state index in [0.717, 1.165) is 18.4 Å². The van der Waals surface area contributed by atoms with E-state index in [4.69, 9.17) is 5.73 Å². The molecule has 0 aromatic carbocycles. The predicted octanol–water partition coefficient (Wildman–Crippen LogP) is 2.48. The van der Waals surface area contributed by atoms with Crippen molar-refractivity contribution in [3.63, 3.8) is 0 Å². The summed E-state index contributed by atoms with van der Waals surface area (Å²) in [7, 11) is 0. The van der Waals surface area contributed by atoms with Gasteiger partial charge in [0.05, 0.1) is 0 Å². The number of hydrogen-bond donors (Lipinski definition) is 1. The number of nitrogens with zero attached hydrogens (tertiary/aromatic N) is 2. The molecule has 1 aliphatic rings. The highest BCUT2D eigenvalue weighted by atomic mass is 15.2. The monoisotopic (exact) mass is 219 g/mol. The van der Waals surface area contributed by atoms with E-state index in [-0.39, 0.29) is 6.04 Å². The fourth-order valence-corrected chi connectivity index (χ4v) is 1.99. The first kappa shape index (κ1) is 11.4. The zero-order valence-electron chi connectivity index (χ0n) is 10.2. The van der Waals surface area contributed by atoms with E-state index >= 15 is 0 Å². The SMILES string of the molecule is CCCN(c1cc([C@H](C)N)ccn1)C1CC1. The van der Waals surface area contributed by atoms with E-state index < -0.39 is 0 Å². The van der Waals surface area contributed by atoms with Crippen LogP contribution in [0.1, 0.15) is 44.7 Å². The fourth-order valence-electron chi connectivity index (χ4n) is 1.99. The molecule has 0 saturated heterocycles. The number of hydrogen-bond acceptors (Lipinski definition) is 3. The van der Waals surface area contributed by atoms with Crippen molar-refractivity contribution in [2.45, 2.75) is 45.2 Å². The number of pyridine rings is 1. The maximum atomic E-state index is 5.90. The van der Waals surface area contributed by atoms with Crippen LogP contribution in [0.3, 0.4) is 0 Å². The number of aromatic nitrogens is 1. The Balaban J connectivity index is 2.19. The first-order valence-corrected chi connectivity index (χ1v) is 6.20. The maximum absolute atomic E-state index is 5.90. The molecule has 88 valence electrons. The molecule has 16 heavy (non-hydrogen) atoms. The molecule has 1 atom stereocenters. The zero-order chi connectivity index (χ0) is 11.5. The Hall–Kier alpha value is -1.09. The first-order chi connectivity index (χ1) is 7.72. The van der Waals surface area contributed by atoms with Gasteiger partial charge >= 0.3 is 0 Å². The lowest BCUT2D eigenvalue weighted by atomic mass is 10.1. The molecule has 1 aromatic rings. The maximum Gasteiger partial charge on any atom is 0.129 e. The molecule has 2 N–H and O–H groups in total. The lowest BCUT2D eigenvalue weighted by molar-refractivity contribution is 0.744. The third-order valence-corrected chi connectivity index (χ3v) is 3.04. The smallest absolute Gasteiger partial charge is 0.129 e. The fraction of sp³-hybridized carbons (Fsp3) is 0.615. The van der Waals surface area contributed by atoms with Gasteiger partial charge in [-0.05, 0) is 43.9 Å². The summed E-state index contributed by atoms with van der Waals surface area (Å²) in [5, 5.41) is 0. The topological polar surface area (TPSA) is 42.1 Å². The summed E-state index contributed by atoms with van der Waals surface area (Å²) in [6, 6.07) is 4.95. The molecule has 0 spiro atoms. The molecule has 0 amide bonds. The van der Waals surface area contributed by atoms with E-state index in [9.17, 15) is 0 Å². The van der Waals surface area contributed by atoms with Crippen LogP contribution in [0.15, 0.2) is 18.3 Å². The standard InChI is InChI=1S/C13H21N3/c1-3-8-16(12-4-5-12)13-9-11(10(2)14)6-7-15-13/h6-7,9-10,12H,3-5,8,14H2,1-2H3/t10-/m0/s1. The highest BCUT2D eigenvalue weighted by Gasteiger charge is 2.29. The summed E-state index contributed by atoms with van der Waals surface area (Å²) < 4.78 is 0. The highest BCUT2D eigenvalue weighted by molar-refractivity contribution is 5.44. The molecular weight excluding hydrogens is 198 g/mol. The molecule has 1 heterocycles. The Morgan fingerprint density at radius 1 is 1.56 bits per heavy atom. The lowest BCUT2D eigenvalue weighted by Crippen LogP contribution is -2.27. The molecule has 0 bridgehead atoms. The summed E-state index contributed by atoms with van der Waals surface area (Å²) in [5.41, 5.74) is 7.08. The van der Waals surface area contributed by atoms with Gasteiger partial charge in [0.25, 0.3) is 0 Å². The Kier molecular flexibility index (Phi) is 3.44. The van der Waals surface area contributed by atoms with Crippen LogP contribution in [0.4, 0.5) is 5.82 Å². The molecule has 0 radical (unpaired) electrons. The van der Waals surface area contributed by atoms with E-state index in [2.05, 4.69) is 22.9 Å². The average molecular weight is 219 g/mol. The van der Waals surface area contributed by atoms with E-state index in [1.807, 2.05) is 19.2 Å². The van der Waals surface area contributed by atoms with Crippen LogP contribution in [0.25, 0.3) is 0 Å². The Bertz CT molecular complexity index is 345. The first-order valence-electron chi connectivity index (χ1n) is 6.20. The van der Waals surface area contributed by atoms with Gasteiger partial charge in [-0.15, -0.1) is 0 Å². The minimum atomic E-state index is 0.0874. The zero-order valence-corrected chi connectivity index (χ0v) is 10.2. The van der Waals surface area contributed by atoms with Crippen LogP contribution < -0.4 is 10.6 Å². The van der Waals surface area contributed by atoms with Gasteiger partial charge in [0, 0.05) is 24.8 Å². The molecule has 1 aromatic heterocycles. The molecule has 1 saturated carbocycles. The van der Waals surface area contributed by atoms with Gasteiger partial charge in [-0.3, -0.25) is 0 Å². The highest BCUT2D eigenvalue weighted by Crippen LogP contribution is 2.31. The van der Waals surface area contributed by atoms with Gasteiger partial charge in [0.15, 0.2) is 0 Å². The van der Waals surface area contributed by atoms with Crippen LogP contribution in [-0.2, 0) is 0 Å². The van der Waals surface area contributed by atoms with Crippen LogP contribution in [0.5, 0.6) is 0 Å². The van der Waals surface area contributed by atoms with Gasteiger partial charge in [-0.25, -0.2) is 4.98 Å². The number of nitrogens with two attached hydrogens (primary N) is 1. The number of anilines is 1. The largest absolute Gasteiger partial charge is 0.354 e. The van der Waals surface area contributed by atoms with Crippen LogP contribution >= 0.6 is 0 Å². The normalized spacial score (nSPS) is 17.2. The van der Waals surface area contributed by atoms with Crippen molar-refractivity contribution in [3.8, 4) is 0 Å². The Morgan fingerprint density at radius 2 is 2.31 bits per heavy atom. The molecule has 1 fully saturated rings. The molecule has 3 heteroatoms. The summed E-state index contributed by atoms with van der Waals surface area (Å²) in [4.78, 5) is 6.89. The second kappa shape index (κ2) is 4.83. The second-order valence-corrected chi connectivity index (χ2v) is 4.66. The van der Waals surface area contributed by atoms with Gasteiger partial charge in [0.1, 0.15) is 5.82 Å². The second-order valence-electron chi connectivity index (χ2n) is 4.66. The summed E-state index contributed by atoms with van der Waals surface area (Å²) in [6.07, 6.45) is 5.66. The summed E-state index contributed by atoms with van der Waals surface area (Å²) in [5.74, 6) is 1.10. The molecular formula is C13H21N3. The Labute approximate surface area is 97.7 Å². The van der Waals surface area contributed by atoms with Crippen molar-refractivity contribution < 1.29 is 0 Å². The van der Waals surface area contributed by atoms with Gasteiger partial charge < -0.3 is 10.6 Å². The van der Waals surface area contributed by atoms with E-state index in [0.29, 0.717) is 0 Å². The number of rotatable bonds is 5. The van der Waals surface area contributed by atoms with Crippen molar-refractivity contribution >= 4 is 5.82 Å². The van der Waals surface area contributed by atoms with Crippen LogP contribution in [0, 0.1) is 0 Å². The van der Waals surface area contributed by atoms with E-state index in [1.165, 1.54) is 24.8 Å². The molecule has 0 unspecified atom stereocenters. The minimum Gasteiger partial charge on any atom is -0.354 e. The third kappa shape index (κ3) is 2.53. The van der Waals surface area contributed by atoms with Gasteiger partial charge in [-0.1, -0.05) is 6.92 Å². The quantitative estimate of drug-likeness (QED) is 0.827. The molecule has 1 aliphatic carbocycles. The van der Waals surface area contributed by atoms with Gasteiger partial charge in [0.2, 0.25) is 0 Å². The molecule has 2 rings (SSSR count). The summed E-state index contributed by atoms with van der Waals surface area (Å²) >= 11 is 0. The van der Waals surface area contributed by atoms with Crippen molar-refractivity contribution in [1.29, 1.82) is 0 Å². The van der Waals surface area contributed by atoms with Gasteiger partial charge in [-0.2, -0.15) is 0 Å². The molecule has 0 aliphatic heterocycles. The van der Waals surface area contributed by atoms with E-state index in [1.54, 1.807) is 0 Å². The molecule has 3 nitrogen and oxygen atoms in total.